The maximum absolute atomic E-state index is 12.1. The molecule has 21 heavy (non-hydrogen) atoms. The molecule has 1 atom stereocenters. The highest BCUT2D eigenvalue weighted by Crippen LogP contribution is 2.24. The zero-order valence-corrected chi connectivity index (χ0v) is 13.1. The van der Waals surface area contributed by atoms with Crippen molar-refractivity contribution >= 4 is 11.7 Å². The third-order valence-corrected chi connectivity index (χ3v) is 2.98. The fraction of sp³-hybridized carbons (Fsp3) is 0.500. The minimum Gasteiger partial charge on any atom is -0.368 e. The first-order valence-corrected chi connectivity index (χ1v) is 6.96. The standard InChI is InChI=1S/C16H23N3O2/c1-6-7-8-21-12(2)15(20)18-14-9-13(10-17)11-19(14)16(3,4)5/h6,9,11-12H,1,7-8H2,2-5H3,(H,18,20)/t12-/m0/s1. The van der Waals surface area contributed by atoms with Gasteiger partial charge in [-0.05, 0) is 40.2 Å². The summed E-state index contributed by atoms with van der Waals surface area (Å²) in [5.41, 5.74) is 0.283. The lowest BCUT2D eigenvalue weighted by Crippen LogP contribution is -2.31. The number of carbonyl (C=O) groups is 1. The Morgan fingerprint density at radius 3 is 2.81 bits per heavy atom. The molecule has 1 aromatic rings. The van der Waals surface area contributed by atoms with Crippen molar-refractivity contribution in [2.24, 2.45) is 0 Å². The van der Waals surface area contributed by atoms with Crippen LogP contribution < -0.4 is 5.32 Å². The Kier molecular flexibility index (Phi) is 5.74. The number of hydrogen-bond donors (Lipinski definition) is 1. The minimum absolute atomic E-state index is 0.229. The summed E-state index contributed by atoms with van der Waals surface area (Å²) in [7, 11) is 0. The van der Waals surface area contributed by atoms with E-state index in [0.717, 1.165) is 0 Å². The second kappa shape index (κ2) is 7.09. The average molecular weight is 289 g/mol. The molecule has 0 saturated carbocycles. The van der Waals surface area contributed by atoms with Gasteiger partial charge < -0.3 is 14.6 Å². The molecule has 0 bridgehead atoms. The van der Waals surface area contributed by atoms with Crippen LogP contribution in [-0.4, -0.2) is 23.2 Å². The van der Waals surface area contributed by atoms with Crippen LogP contribution in [0.1, 0.15) is 39.7 Å². The number of amides is 1. The third kappa shape index (κ3) is 4.76. The Balaban J connectivity index is 2.82. The topological polar surface area (TPSA) is 67.0 Å². The van der Waals surface area contributed by atoms with Crippen molar-refractivity contribution in [3.63, 3.8) is 0 Å². The Labute approximate surface area is 126 Å². The van der Waals surface area contributed by atoms with E-state index in [9.17, 15) is 4.79 Å². The summed E-state index contributed by atoms with van der Waals surface area (Å²) in [5.74, 6) is 0.371. The monoisotopic (exact) mass is 289 g/mol. The van der Waals surface area contributed by atoms with Gasteiger partial charge in [-0.2, -0.15) is 5.26 Å². The number of ether oxygens (including phenoxy) is 1. The van der Waals surface area contributed by atoms with Gasteiger partial charge in [0.1, 0.15) is 18.0 Å². The highest BCUT2D eigenvalue weighted by molar-refractivity contribution is 5.93. The molecule has 0 unspecified atom stereocenters. The Hall–Kier alpha value is -2.06. The van der Waals surface area contributed by atoms with E-state index in [2.05, 4.69) is 18.0 Å². The van der Waals surface area contributed by atoms with E-state index >= 15 is 0 Å². The van der Waals surface area contributed by atoms with Gasteiger partial charge in [0, 0.05) is 11.7 Å². The number of aromatic nitrogens is 1. The highest BCUT2D eigenvalue weighted by atomic mass is 16.5. The molecule has 0 aromatic carbocycles. The predicted octanol–water partition coefficient (Wildman–Crippen LogP) is 3.03. The van der Waals surface area contributed by atoms with Gasteiger partial charge in [0.15, 0.2) is 0 Å². The zero-order valence-electron chi connectivity index (χ0n) is 13.1. The van der Waals surface area contributed by atoms with E-state index in [1.807, 2.05) is 25.3 Å². The lowest BCUT2D eigenvalue weighted by molar-refractivity contribution is -0.126. The summed E-state index contributed by atoms with van der Waals surface area (Å²) in [4.78, 5) is 12.1. The fourth-order valence-corrected chi connectivity index (χ4v) is 1.81. The minimum atomic E-state index is -0.557. The molecule has 0 fully saturated rings. The summed E-state index contributed by atoms with van der Waals surface area (Å²) >= 11 is 0. The van der Waals surface area contributed by atoms with Gasteiger partial charge in [-0.25, -0.2) is 0 Å². The van der Waals surface area contributed by atoms with E-state index in [0.29, 0.717) is 24.4 Å². The van der Waals surface area contributed by atoms with Crippen molar-refractivity contribution in [3.05, 3.63) is 30.5 Å². The van der Waals surface area contributed by atoms with Crippen molar-refractivity contribution in [2.45, 2.75) is 45.8 Å². The lowest BCUT2D eigenvalue weighted by atomic mass is 10.1. The molecular weight excluding hydrogens is 266 g/mol. The molecule has 0 aliphatic rings. The molecule has 1 aromatic heterocycles. The van der Waals surface area contributed by atoms with Crippen LogP contribution in [-0.2, 0) is 15.1 Å². The van der Waals surface area contributed by atoms with E-state index in [4.69, 9.17) is 10.00 Å². The second-order valence-electron chi connectivity index (χ2n) is 5.85. The van der Waals surface area contributed by atoms with Gasteiger partial charge in [-0.1, -0.05) is 6.08 Å². The molecular formula is C16H23N3O2. The molecule has 0 radical (unpaired) electrons. The number of anilines is 1. The van der Waals surface area contributed by atoms with Gasteiger partial charge >= 0.3 is 0 Å². The number of rotatable bonds is 6. The van der Waals surface area contributed by atoms with Crippen LogP contribution in [0.4, 0.5) is 5.82 Å². The number of nitrogens with one attached hydrogen (secondary N) is 1. The summed E-state index contributed by atoms with van der Waals surface area (Å²) in [6, 6.07) is 3.76. The highest BCUT2D eigenvalue weighted by Gasteiger charge is 2.21. The van der Waals surface area contributed by atoms with E-state index in [1.165, 1.54) is 0 Å². The molecule has 0 spiro atoms. The van der Waals surface area contributed by atoms with Gasteiger partial charge in [-0.3, -0.25) is 4.79 Å². The maximum Gasteiger partial charge on any atom is 0.254 e. The molecule has 5 nitrogen and oxygen atoms in total. The summed E-state index contributed by atoms with van der Waals surface area (Å²) in [5, 5.41) is 11.8. The Bertz CT molecular complexity index is 547. The average Bonchev–Trinajstić information content (AvgIpc) is 2.82. The van der Waals surface area contributed by atoms with Gasteiger partial charge in [0.25, 0.3) is 5.91 Å². The number of hydrogen-bond acceptors (Lipinski definition) is 3. The predicted molar refractivity (Wildman–Crippen MR) is 83.0 cm³/mol. The van der Waals surface area contributed by atoms with Crippen molar-refractivity contribution in [3.8, 4) is 6.07 Å². The SMILES string of the molecule is C=CCCO[C@@H](C)C(=O)Nc1cc(C#N)cn1C(C)(C)C. The molecule has 1 heterocycles. The van der Waals surface area contributed by atoms with E-state index < -0.39 is 6.10 Å². The normalized spacial score (nSPS) is 12.5. The van der Waals surface area contributed by atoms with Gasteiger partial charge in [0.05, 0.1) is 12.2 Å². The first kappa shape index (κ1) is 17.0. The molecule has 1 N–H and O–H groups in total. The van der Waals surface area contributed by atoms with Gasteiger partial charge in [0.2, 0.25) is 0 Å². The van der Waals surface area contributed by atoms with Crippen LogP contribution in [0.25, 0.3) is 0 Å². The molecule has 0 aliphatic heterocycles. The van der Waals surface area contributed by atoms with Crippen LogP contribution in [0.5, 0.6) is 0 Å². The molecule has 1 amide bonds. The van der Waals surface area contributed by atoms with Crippen molar-refractivity contribution in [1.29, 1.82) is 5.26 Å². The first-order valence-electron chi connectivity index (χ1n) is 6.96. The van der Waals surface area contributed by atoms with E-state index in [-0.39, 0.29) is 11.4 Å². The van der Waals surface area contributed by atoms with E-state index in [1.54, 1.807) is 25.3 Å². The van der Waals surface area contributed by atoms with Crippen LogP contribution in [0.3, 0.4) is 0 Å². The maximum atomic E-state index is 12.1. The Morgan fingerprint density at radius 2 is 2.29 bits per heavy atom. The van der Waals surface area contributed by atoms with Crippen molar-refractivity contribution in [2.75, 3.05) is 11.9 Å². The Morgan fingerprint density at radius 1 is 1.62 bits per heavy atom. The summed E-state index contributed by atoms with van der Waals surface area (Å²) in [6.07, 6.45) is 3.63. The largest absolute Gasteiger partial charge is 0.368 e. The molecule has 0 saturated heterocycles. The van der Waals surface area contributed by atoms with Crippen LogP contribution >= 0.6 is 0 Å². The first-order chi connectivity index (χ1) is 9.79. The summed E-state index contributed by atoms with van der Waals surface area (Å²) < 4.78 is 7.29. The molecule has 1 rings (SSSR count). The third-order valence-electron chi connectivity index (χ3n) is 2.98. The smallest absolute Gasteiger partial charge is 0.254 e. The molecule has 5 heteroatoms. The van der Waals surface area contributed by atoms with Crippen LogP contribution in [0, 0.1) is 11.3 Å². The van der Waals surface area contributed by atoms with Crippen LogP contribution in [0.15, 0.2) is 24.9 Å². The quantitative estimate of drug-likeness (QED) is 0.646. The number of carbonyl (C=O) groups excluding carboxylic acids is 1. The number of nitrogens with zero attached hydrogens (tertiary/aromatic N) is 2. The molecule has 114 valence electrons. The fourth-order valence-electron chi connectivity index (χ4n) is 1.81. The van der Waals surface area contributed by atoms with Crippen molar-refractivity contribution < 1.29 is 9.53 Å². The van der Waals surface area contributed by atoms with Crippen molar-refractivity contribution in [1.82, 2.24) is 4.57 Å². The van der Waals surface area contributed by atoms with Gasteiger partial charge in [-0.15, -0.1) is 6.58 Å². The second-order valence-corrected chi connectivity index (χ2v) is 5.85. The summed E-state index contributed by atoms with van der Waals surface area (Å²) in [6.45, 7) is 11.8. The lowest BCUT2D eigenvalue weighted by Gasteiger charge is -2.25. The zero-order chi connectivity index (χ0) is 16.0. The molecule has 0 aliphatic carbocycles. The number of nitriles is 1. The van der Waals surface area contributed by atoms with Crippen LogP contribution in [0.2, 0.25) is 0 Å².